The van der Waals surface area contributed by atoms with Gasteiger partial charge in [0.15, 0.2) is 6.04 Å². The molecule has 1 N–H and O–H groups in total. The van der Waals surface area contributed by atoms with E-state index < -0.39 is 12.0 Å². The molecular formula is C20H22N2O4. The molecule has 136 valence electrons. The zero-order valence-corrected chi connectivity index (χ0v) is 14.9. The maximum atomic E-state index is 12.6. The van der Waals surface area contributed by atoms with E-state index in [2.05, 4.69) is 10.3 Å². The third-order valence-corrected chi connectivity index (χ3v) is 4.25. The van der Waals surface area contributed by atoms with Crippen LogP contribution in [0.15, 0.2) is 42.6 Å². The van der Waals surface area contributed by atoms with Crippen LogP contribution >= 0.6 is 0 Å². The fourth-order valence-electron chi connectivity index (χ4n) is 2.58. The van der Waals surface area contributed by atoms with Crippen molar-refractivity contribution in [2.45, 2.75) is 25.8 Å². The molecule has 0 aliphatic heterocycles. The molecule has 6 nitrogen and oxygen atoms in total. The average molecular weight is 354 g/mol. The number of hydrogen-bond acceptors (Lipinski definition) is 5. The van der Waals surface area contributed by atoms with Gasteiger partial charge in [0.1, 0.15) is 0 Å². The number of carbonyl (C=O) groups is 2. The van der Waals surface area contributed by atoms with Gasteiger partial charge in [-0.1, -0.05) is 29.8 Å². The Morgan fingerprint density at radius 1 is 1.27 bits per heavy atom. The Hall–Kier alpha value is -2.89. The van der Waals surface area contributed by atoms with Crippen molar-refractivity contribution >= 4 is 11.9 Å². The first-order valence-corrected chi connectivity index (χ1v) is 8.61. The lowest BCUT2D eigenvalue weighted by molar-refractivity contribution is -0.143. The van der Waals surface area contributed by atoms with Gasteiger partial charge in [0, 0.05) is 17.8 Å². The molecular weight excluding hydrogens is 332 g/mol. The summed E-state index contributed by atoms with van der Waals surface area (Å²) >= 11 is 0. The monoisotopic (exact) mass is 354 g/mol. The number of aryl methyl sites for hydroxylation is 1. The summed E-state index contributed by atoms with van der Waals surface area (Å²) in [6, 6.07) is 9.68. The lowest BCUT2D eigenvalue weighted by Crippen LogP contribution is -2.34. The number of benzene rings is 1. The van der Waals surface area contributed by atoms with Crippen LogP contribution in [0.5, 0.6) is 5.88 Å². The highest BCUT2D eigenvalue weighted by molar-refractivity contribution is 5.97. The quantitative estimate of drug-likeness (QED) is 0.774. The maximum Gasteiger partial charge on any atom is 0.333 e. The van der Waals surface area contributed by atoms with Gasteiger partial charge in [0.05, 0.1) is 13.7 Å². The van der Waals surface area contributed by atoms with Crippen LogP contribution in [0.2, 0.25) is 0 Å². The minimum absolute atomic E-state index is 0.382. The molecule has 0 radical (unpaired) electrons. The Kier molecular flexibility index (Phi) is 5.51. The molecule has 0 unspecified atom stereocenters. The molecule has 1 aromatic carbocycles. The van der Waals surface area contributed by atoms with Crippen LogP contribution in [0, 0.1) is 12.8 Å². The predicted molar refractivity (Wildman–Crippen MR) is 95.9 cm³/mol. The molecule has 6 heteroatoms. The van der Waals surface area contributed by atoms with Gasteiger partial charge < -0.3 is 14.8 Å². The highest BCUT2D eigenvalue weighted by Gasteiger charge is 2.25. The molecule has 2 aromatic rings. The van der Waals surface area contributed by atoms with E-state index in [-0.39, 0.29) is 5.91 Å². The van der Waals surface area contributed by atoms with Gasteiger partial charge in [-0.15, -0.1) is 0 Å². The van der Waals surface area contributed by atoms with Crippen LogP contribution in [0.4, 0.5) is 0 Å². The van der Waals surface area contributed by atoms with Crippen molar-refractivity contribution in [3.63, 3.8) is 0 Å². The molecule has 1 aliphatic carbocycles. The maximum absolute atomic E-state index is 12.6. The number of amides is 1. The Bertz CT molecular complexity index is 802. The molecule has 1 amide bonds. The first-order chi connectivity index (χ1) is 12.6. The summed E-state index contributed by atoms with van der Waals surface area (Å²) < 4.78 is 10.5. The predicted octanol–water partition coefficient (Wildman–Crippen LogP) is 2.82. The molecule has 1 aromatic heterocycles. The van der Waals surface area contributed by atoms with Crippen molar-refractivity contribution in [1.29, 1.82) is 0 Å². The van der Waals surface area contributed by atoms with Crippen molar-refractivity contribution in [2.24, 2.45) is 5.92 Å². The minimum Gasteiger partial charge on any atom is -0.477 e. The van der Waals surface area contributed by atoms with Crippen molar-refractivity contribution in [2.75, 3.05) is 13.7 Å². The molecule has 0 spiro atoms. The number of rotatable bonds is 7. The first kappa shape index (κ1) is 17.9. The second kappa shape index (κ2) is 7.99. The molecule has 1 fully saturated rings. The molecule has 1 heterocycles. The number of pyridine rings is 1. The van der Waals surface area contributed by atoms with Gasteiger partial charge in [0.2, 0.25) is 5.88 Å². The van der Waals surface area contributed by atoms with Crippen LogP contribution in [0.3, 0.4) is 0 Å². The van der Waals surface area contributed by atoms with Gasteiger partial charge in [0.25, 0.3) is 5.91 Å². The number of nitrogens with one attached hydrogen (secondary N) is 1. The number of hydrogen-bond donors (Lipinski definition) is 1. The average Bonchev–Trinajstić information content (AvgIpc) is 3.48. The third kappa shape index (κ3) is 4.59. The Balaban J connectivity index is 1.74. The van der Waals surface area contributed by atoms with E-state index in [1.807, 2.05) is 25.1 Å². The van der Waals surface area contributed by atoms with Gasteiger partial charge >= 0.3 is 5.97 Å². The highest BCUT2D eigenvalue weighted by Crippen LogP contribution is 2.29. The van der Waals surface area contributed by atoms with Crippen molar-refractivity contribution in [3.8, 4) is 5.88 Å². The molecule has 0 bridgehead atoms. The van der Waals surface area contributed by atoms with E-state index in [4.69, 9.17) is 9.47 Å². The summed E-state index contributed by atoms with van der Waals surface area (Å²) in [4.78, 5) is 28.9. The van der Waals surface area contributed by atoms with Crippen molar-refractivity contribution in [1.82, 2.24) is 10.3 Å². The van der Waals surface area contributed by atoms with E-state index in [0.29, 0.717) is 29.5 Å². The summed E-state index contributed by atoms with van der Waals surface area (Å²) in [5, 5.41) is 2.74. The topological polar surface area (TPSA) is 77.5 Å². The lowest BCUT2D eigenvalue weighted by Gasteiger charge is -2.17. The van der Waals surface area contributed by atoms with Gasteiger partial charge in [-0.25, -0.2) is 9.78 Å². The number of methoxy groups -OCH3 is 1. The van der Waals surface area contributed by atoms with Gasteiger partial charge in [-0.2, -0.15) is 0 Å². The second-order valence-electron chi connectivity index (χ2n) is 6.48. The fraction of sp³-hybridized carbons (Fsp3) is 0.350. The smallest absolute Gasteiger partial charge is 0.333 e. The summed E-state index contributed by atoms with van der Waals surface area (Å²) in [6.07, 6.45) is 3.88. The summed E-state index contributed by atoms with van der Waals surface area (Å²) in [6.45, 7) is 2.54. The highest BCUT2D eigenvalue weighted by atomic mass is 16.5. The van der Waals surface area contributed by atoms with Crippen LogP contribution in [0.1, 0.15) is 40.4 Å². The van der Waals surface area contributed by atoms with E-state index in [9.17, 15) is 9.59 Å². The van der Waals surface area contributed by atoms with Crippen molar-refractivity contribution < 1.29 is 19.1 Å². The normalized spacial score (nSPS) is 14.4. The second-order valence-corrected chi connectivity index (χ2v) is 6.48. The summed E-state index contributed by atoms with van der Waals surface area (Å²) in [7, 11) is 1.30. The van der Waals surface area contributed by atoms with Crippen LogP contribution in [0.25, 0.3) is 0 Å². The summed E-state index contributed by atoms with van der Waals surface area (Å²) in [5.74, 6) is 0.0952. The third-order valence-electron chi connectivity index (χ3n) is 4.25. The number of nitrogens with zero attached hydrogens (tertiary/aromatic N) is 1. The Morgan fingerprint density at radius 2 is 2.08 bits per heavy atom. The number of ether oxygens (including phenoxy) is 2. The number of carbonyl (C=O) groups excluding carboxylic acids is 2. The zero-order chi connectivity index (χ0) is 18.5. The molecule has 0 saturated heterocycles. The van der Waals surface area contributed by atoms with Crippen LogP contribution < -0.4 is 10.1 Å². The van der Waals surface area contributed by atoms with Crippen LogP contribution in [-0.2, 0) is 9.53 Å². The molecule has 1 saturated carbocycles. The molecule has 3 rings (SSSR count). The van der Waals surface area contributed by atoms with E-state index in [0.717, 1.165) is 5.56 Å². The fourth-order valence-corrected chi connectivity index (χ4v) is 2.58. The molecule has 26 heavy (non-hydrogen) atoms. The summed E-state index contributed by atoms with van der Waals surface area (Å²) in [5.41, 5.74) is 2.04. The number of aromatic nitrogens is 1. The standard InChI is InChI=1S/C20H22N2O4/c1-13-4-3-5-15(10-13)18(20(24)25-2)22-19(23)16-8-9-21-17(11-16)26-12-14-6-7-14/h3-5,8-11,14,18H,6-7,12H2,1-2H3,(H,22,23)/t18-/m1/s1. The molecule has 1 aliphatic rings. The molecule has 1 atom stereocenters. The van der Waals surface area contributed by atoms with Gasteiger partial charge in [-0.3, -0.25) is 4.79 Å². The first-order valence-electron chi connectivity index (χ1n) is 8.61. The minimum atomic E-state index is -0.878. The van der Waals surface area contributed by atoms with Crippen LogP contribution in [-0.4, -0.2) is 30.6 Å². The SMILES string of the molecule is COC(=O)[C@H](NC(=O)c1ccnc(OCC2CC2)c1)c1cccc(C)c1. The largest absolute Gasteiger partial charge is 0.477 e. The Morgan fingerprint density at radius 3 is 2.77 bits per heavy atom. The van der Waals surface area contributed by atoms with E-state index >= 15 is 0 Å². The zero-order valence-electron chi connectivity index (χ0n) is 14.9. The van der Waals surface area contributed by atoms with Crippen molar-refractivity contribution in [3.05, 3.63) is 59.3 Å². The van der Waals surface area contributed by atoms with E-state index in [1.165, 1.54) is 26.1 Å². The lowest BCUT2D eigenvalue weighted by atomic mass is 10.0. The Labute approximate surface area is 152 Å². The van der Waals surface area contributed by atoms with Gasteiger partial charge in [-0.05, 0) is 37.3 Å². The number of esters is 1. The van der Waals surface area contributed by atoms with E-state index in [1.54, 1.807) is 18.2 Å².